The summed E-state index contributed by atoms with van der Waals surface area (Å²) in [5.41, 5.74) is 0. The Labute approximate surface area is 125 Å². The van der Waals surface area contributed by atoms with E-state index in [4.69, 9.17) is 4.74 Å². The Morgan fingerprint density at radius 3 is 2.62 bits per heavy atom. The first-order valence-electron chi connectivity index (χ1n) is 7.49. The molecular formula is C14H22N2O4S. The number of likely N-dealkylation sites (tertiary alicyclic amines) is 1. The van der Waals surface area contributed by atoms with Crippen LogP contribution in [0.3, 0.4) is 0 Å². The molecule has 0 aromatic rings. The Morgan fingerprint density at radius 1 is 1.24 bits per heavy atom. The van der Waals surface area contributed by atoms with Gasteiger partial charge in [-0.1, -0.05) is 12.2 Å². The van der Waals surface area contributed by atoms with Crippen LogP contribution in [0.1, 0.15) is 19.3 Å². The first-order chi connectivity index (χ1) is 9.97. The molecule has 1 aliphatic carbocycles. The SMILES string of the molecule is CS(=O)(=O)N1CCO[C@@H]2CCN(C(=O)C3CC=CC3)C[C@H]21. The van der Waals surface area contributed by atoms with Crippen molar-refractivity contribution in [1.82, 2.24) is 9.21 Å². The van der Waals surface area contributed by atoms with Crippen molar-refractivity contribution in [3.8, 4) is 0 Å². The largest absolute Gasteiger partial charge is 0.375 e. The molecule has 2 fully saturated rings. The molecule has 2 saturated heterocycles. The van der Waals surface area contributed by atoms with Crippen molar-refractivity contribution in [2.24, 2.45) is 5.92 Å². The average Bonchev–Trinajstić information content (AvgIpc) is 2.98. The average molecular weight is 314 g/mol. The van der Waals surface area contributed by atoms with Crippen molar-refractivity contribution in [3.63, 3.8) is 0 Å². The molecular weight excluding hydrogens is 292 g/mol. The molecule has 0 radical (unpaired) electrons. The highest BCUT2D eigenvalue weighted by atomic mass is 32.2. The summed E-state index contributed by atoms with van der Waals surface area (Å²) in [6, 6.07) is -0.235. The van der Waals surface area contributed by atoms with Crippen LogP contribution < -0.4 is 0 Å². The number of allylic oxidation sites excluding steroid dienone is 2. The van der Waals surface area contributed by atoms with E-state index in [1.165, 1.54) is 10.6 Å². The number of carbonyl (C=O) groups is 1. The molecule has 2 atom stereocenters. The molecule has 0 aromatic heterocycles. The zero-order valence-corrected chi connectivity index (χ0v) is 13.1. The Kier molecular flexibility index (Phi) is 4.07. The van der Waals surface area contributed by atoms with Crippen LogP contribution in [0, 0.1) is 5.92 Å². The van der Waals surface area contributed by atoms with Crippen LogP contribution >= 0.6 is 0 Å². The number of hydrogen-bond acceptors (Lipinski definition) is 4. The number of morpholine rings is 1. The molecule has 21 heavy (non-hydrogen) atoms. The van der Waals surface area contributed by atoms with Gasteiger partial charge in [-0.05, 0) is 19.3 Å². The lowest BCUT2D eigenvalue weighted by atomic mass is 9.98. The molecule has 118 valence electrons. The van der Waals surface area contributed by atoms with Crippen molar-refractivity contribution >= 4 is 15.9 Å². The molecule has 0 unspecified atom stereocenters. The number of ether oxygens (including phenoxy) is 1. The normalized spacial score (nSPS) is 31.4. The number of hydrogen-bond donors (Lipinski definition) is 0. The van der Waals surface area contributed by atoms with Gasteiger partial charge < -0.3 is 9.64 Å². The second-order valence-corrected chi connectivity index (χ2v) is 8.00. The molecule has 2 heterocycles. The predicted octanol–water partition coefficient (Wildman–Crippen LogP) is 0.214. The highest BCUT2D eigenvalue weighted by Crippen LogP contribution is 2.28. The topological polar surface area (TPSA) is 66.9 Å². The number of piperidine rings is 1. The highest BCUT2D eigenvalue weighted by Gasteiger charge is 2.42. The molecule has 3 aliphatic rings. The third kappa shape index (κ3) is 3.00. The Morgan fingerprint density at radius 2 is 1.95 bits per heavy atom. The minimum Gasteiger partial charge on any atom is -0.375 e. The maximum atomic E-state index is 12.5. The lowest BCUT2D eigenvalue weighted by molar-refractivity contribution is -0.142. The lowest BCUT2D eigenvalue weighted by Gasteiger charge is -2.46. The summed E-state index contributed by atoms with van der Waals surface area (Å²) < 4.78 is 31.1. The summed E-state index contributed by atoms with van der Waals surface area (Å²) in [7, 11) is -3.26. The lowest BCUT2D eigenvalue weighted by Crippen LogP contribution is -2.62. The maximum Gasteiger partial charge on any atom is 0.226 e. The van der Waals surface area contributed by atoms with Gasteiger partial charge in [0.1, 0.15) is 0 Å². The van der Waals surface area contributed by atoms with Crippen LogP contribution in [0.4, 0.5) is 0 Å². The van der Waals surface area contributed by atoms with E-state index in [1.54, 1.807) is 0 Å². The summed E-state index contributed by atoms with van der Waals surface area (Å²) in [6.07, 6.45) is 7.55. The molecule has 0 saturated carbocycles. The van der Waals surface area contributed by atoms with Gasteiger partial charge in [-0.15, -0.1) is 0 Å². The quantitative estimate of drug-likeness (QED) is 0.684. The molecule has 7 heteroatoms. The van der Waals surface area contributed by atoms with Crippen LogP contribution in [0.5, 0.6) is 0 Å². The van der Waals surface area contributed by atoms with E-state index in [-0.39, 0.29) is 24.0 Å². The summed E-state index contributed by atoms with van der Waals surface area (Å²) in [4.78, 5) is 14.3. The van der Waals surface area contributed by atoms with Gasteiger partial charge in [0.2, 0.25) is 15.9 Å². The number of carbonyl (C=O) groups excluding carboxylic acids is 1. The van der Waals surface area contributed by atoms with E-state index < -0.39 is 10.0 Å². The van der Waals surface area contributed by atoms with Gasteiger partial charge in [-0.25, -0.2) is 8.42 Å². The van der Waals surface area contributed by atoms with Gasteiger partial charge in [0.15, 0.2) is 0 Å². The molecule has 1 amide bonds. The summed E-state index contributed by atoms with van der Waals surface area (Å²) >= 11 is 0. The van der Waals surface area contributed by atoms with Crippen LogP contribution in [0.15, 0.2) is 12.2 Å². The van der Waals surface area contributed by atoms with Gasteiger partial charge in [0, 0.05) is 25.6 Å². The third-order valence-corrected chi connectivity index (χ3v) is 5.93. The Bertz CT molecular complexity index is 537. The standard InChI is InChI=1S/C14H22N2O4S/c1-21(18,19)16-8-9-20-13-6-7-15(10-12(13)16)14(17)11-4-2-3-5-11/h2-3,11-13H,4-10H2,1H3/t12-,13-/m1/s1. The summed E-state index contributed by atoms with van der Waals surface area (Å²) in [6.45, 7) is 1.93. The fourth-order valence-electron chi connectivity index (χ4n) is 3.53. The predicted molar refractivity (Wildman–Crippen MR) is 78.1 cm³/mol. The minimum absolute atomic E-state index is 0.0396. The number of sulfonamides is 1. The van der Waals surface area contributed by atoms with Gasteiger partial charge in [0.25, 0.3) is 0 Å². The first-order valence-corrected chi connectivity index (χ1v) is 9.34. The fourth-order valence-corrected chi connectivity index (χ4v) is 4.63. The van der Waals surface area contributed by atoms with Crippen LogP contribution in [0.2, 0.25) is 0 Å². The highest BCUT2D eigenvalue weighted by molar-refractivity contribution is 7.88. The van der Waals surface area contributed by atoms with Crippen molar-refractivity contribution in [2.75, 3.05) is 32.5 Å². The van der Waals surface area contributed by atoms with Gasteiger partial charge in [-0.3, -0.25) is 4.79 Å². The van der Waals surface area contributed by atoms with Crippen LogP contribution in [0.25, 0.3) is 0 Å². The molecule has 2 aliphatic heterocycles. The van der Waals surface area contributed by atoms with E-state index in [1.807, 2.05) is 17.1 Å². The number of fused-ring (bicyclic) bond motifs is 1. The second-order valence-electron chi connectivity index (χ2n) is 6.06. The van der Waals surface area contributed by atoms with Crippen molar-refractivity contribution in [2.45, 2.75) is 31.4 Å². The molecule has 0 bridgehead atoms. The first kappa shape index (κ1) is 15.0. The van der Waals surface area contributed by atoms with E-state index in [0.717, 1.165) is 12.8 Å². The summed E-state index contributed by atoms with van der Waals surface area (Å²) in [5, 5.41) is 0. The van der Waals surface area contributed by atoms with Gasteiger partial charge >= 0.3 is 0 Å². The number of amides is 1. The van der Waals surface area contributed by atoms with E-state index >= 15 is 0 Å². The van der Waals surface area contributed by atoms with Crippen molar-refractivity contribution in [1.29, 1.82) is 0 Å². The number of nitrogens with zero attached hydrogens (tertiary/aromatic N) is 2. The number of rotatable bonds is 2. The van der Waals surface area contributed by atoms with Crippen LogP contribution in [-0.2, 0) is 19.6 Å². The Hall–Kier alpha value is -0.920. The van der Waals surface area contributed by atoms with E-state index in [0.29, 0.717) is 32.7 Å². The monoisotopic (exact) mass is 314 g/mol. The zero-order valence-electron chi connectivity index (χ0n) is 12.3. The van der Waals surface area contributed by atoms with E-state index in [2.05, 4.69) is 0 Å². The van der Waals surface area contributed by atoms with Crippen LogP contribution in [-0.4, -0.2) is 68.2 Å². The molecule has 6 nitrogen and oxygen atoms in total. The van der Waals surface area contributed by atoms with Crippen molar-refractivity contribution in [3.05, 3.63) is 12.2 Å². The third-order valence-electron chi connectivity index (χ3n) is 4.63. The smallest absolute Gasteiger partial charge is 0.226 e. The van der Waals surface area contributed by atoms with Gasteiger partial charge in [-0.2, -0.15) is 4.31 Å². The second kappa shape index (κ2) is 5.70. The van der Waals surface area contributed by atoms with Gasteiger partial charge in [0.05, 0.1) is 25.0 Å². The molecule has 0 N–H and O–H groups in total. The molecule has 0 spiro atoms. The zero-order chi connectivity index (χ0) is 15.0. The fraction of sp³-hybridized carbons (Fsp3) is 0.786. The van der Waals surface area contributed by atoms with Crippen molar-refractivity contribution < 1.29 is 17.9 Å². The van der Waals surface area contributed by atoms with E-state index in [9.17, 15) is 13.2 Å². The minimum atomic E-state index is -3.26. The molecule has 3 rings (SSSR count). The Balaban J connectivity index is 1.72. The summed E-state index contributed by atoms with van der Waals surface area (Å²) in [5.74, 6) is 0.190. The molecule has 0 aromatic carbocycles. The maximum absolute atomic E-state index is 12.5.